The lowest BCUT2D eigenvalue weighted by atomic mass is 9.95. The summed E-state index contributed by atoms with van der Waals surface area (Å²) in [6.45, 7) is -0.226. The monoisotopic (exact) mass is 453 g/mol. The smallest absolute Gasteiger partial charge is 0.411 e. The van der Waals surface area contributed by atoms with Crippen LogP contribution in [0.3, 0.4) is 0 Å². The van der Waals surface area contributed by atoms with Gasteiger partial charge in [-0.3, -0.25) is 4.79 Å². The molecular weight excluding hydrogens is 427 g/mol. The number of halogens is 3. The number of benzene rings is 1. The summed E-state index contributed by atoms with van der Waals surface area (Å²) in [6.07, 6.45) is -2.22. The van der Waals surface area contributed by atoms with Crippen LogP contribution in [0.2, 0.25) is 0 Å². The van der Waals surface area contributed by atoms with Crippen LogP contribution in [0.1, 0.15) is 31.1 Å². The Labute approximate surface area is 184 Å². The van der Waals surface area contributed by atoms with E-state index in [4.69, 9.17) is 14.2 Å². The van der Waals surface area contributed by atoms with E-state index >= 15 is 0 Å². The van der Waals surface area contributed by atoms with Crippen LogP contribution in [0.4, 0.5) is 13.2 Å². The van der Waals surface area contributed by atoms with E-state index in [0.717, 1.165) is 11.4 Å². The summed E-state index contributed by atoms with van der Waals surface area (Å²) >= 11 is 0. The molecule has 1 amide bonds. The Morgan fingerprint density at radius 3 is 2.84 bits per heavy atom. The van der Waals surface area contributed by atoms with Gasteiger partial charge < -0.3 is 19.1 Å². The van der Waals surface area contributed by atoms with E-state index in [1.807, 2.05) is 30.3 Å². The molecule has 10 heteroatoms. The third kappa shape index (κ3) is 4.91. The van der Waals surface area contributed by atoms with Crippen LogP contribution in [0.15, 0.2) is 36.5 Å². The number of aromatic nitrogens is 2. The van der Waals surface area contributed by atoms with Gasteiger partial charge in [0.05, 0.1) is 24.8 Å². The normalized spacial score (nSPS) is 24.0. The molecule has 3 atom stereocenters. The molecule has 2 aliphatic rings. The number of alkyl halides is 3. The molecule has 2 aliphatic heterocycles. The van der Waals surface area contributed by atoms with Crippen molar-refractivity contribution in [2.24, 2.45) is 5.92 Å². The number of carbonyl (C=O) groups is 1. The average molecular weight is 453 g/mol. The number of hydrogen-bond acceptors (Lipinski definition) is 5. The van der Waals surface area contributed by atoms with Gasteiger partial charge in [-0.2, -0.15) is 18.3 Å². The van der Waals surface area contributed by atoms with Gasteiger partial charge in [-0.25, -0.2) is 4.68 Å². The number of likely N-dealkylation sites (tertiary alicyclic amines) is 1. The molecule has 0 N–H and O–H groups in total. The Kier molecular flexibility index (Phi) is 6.71. The molecular formula is C22H26F3N3O4. The predicted octanol–water partition coefficient (Wildman–Crippen LogP) is 3.53. The van der Waals surface area contributed by atoms with Crippen molar-refractivity contribution in [2.75, 3.05) is 33.4 Å². The quantitative estimate of drug-likeness (QED) is 0.670. The third-order valence-electron chi connectivity index (χ3n) is 5.86. The number of ether oxygens (including phenoxy) is 3. The van der Waals surface area contributed by atoms with Crippen molar-refractivity contribution in [3.05, 3.63) is 42.2 Å². The molecule has 1 aromatic heterocycles. The van der Waals surface area contributed by atoms with E-state index < -0.39 is 30.9 Å². The molecule has 1 aromatic carbocycles. The summed E-state index contributed by atoms with van der Waals surface area (Å²) in [4.78, 5) is 14.9. The molecule has 0 radical (unpaired) electrons. The lowest BCUT2D eigenvalue weighted by Crippen LogP contribution is -2.46. The molecule has 0 bridgehead atoms. The maximum absolute atomic E-state index is 13.3. The summed E-state index contributed by atoms with van der Waals surface area (Å²) in [7, 11) is 1.58. The van der Waals surface area contributed by atoms with Crippen molar-refractivity contribution >= 4 is 5.91 Å². The molecule has 2 aromatic rings. The molecule has 1 unspecified atom stereocenters. The highest BCUT2D eigenvalue weighted by Crippen LogP contribution is 2.38. The molecule has 0 aliphatic carbocycles. The summed E-state index contributed by atoms with van der Waals surface area (Å²) < 4.78 is 55.7. The molecule has 3 heterocycles. The molecule has 174 valence electrons. The van der Waals surface area contributed by atoms with Crippen LogP contribution in [-0.2, 0) is 14.3 Å². The number of hydrogen-bond donors (Lipinski definition) is 0. The second kappa shape index (κ2) is 9.50. The van der Waals surface area contributed by atoms with Gasteiger partial charge in [0.25, 0.3) is 0 Å². The Morgan fingerprint density at radius 1 is 1.25 bits per heavy atom. The summed E-state index contributed by atoms with van der Waals surface area (Å²) in [6, 6.07) is 9.24. The van der Waals surface area contributed by atoms with Gasteiger partial charge in [0.2, 0.25) is 5.91 Å². The minimum absolute atomic E-state index is 0.124. The lowest BCUT2D eigenvalue weighted by Gasteiger charge is -2.35. The van der Waals surface area contributed by atoms with Gasteiger partial charge in [-0.15, -0.1) is 0 Å². The van der Waals surface area contributed by atoms with Crippen molar-refractivity contribution in [1.82, 2.24) is 14.7 Å². The van der Waals surface area contributed by atoms with Gasteiger partial charge in [0, 0.05) is 25.9 Å². The third-order valence-corrected chi connectivity index (χ3v) is 5.86. The number of rotatable bonds is 6. The average Bonchev–Trinajstić information content (AvgIpc) is 3.46. The largest absolute Gasteiger partial charge is 0.494 e. The topological polar surface area (TPSA) is 65.8 Å². The van der Waals surface area contributed by atoms with Gasteiger partial charge in [-0.05, 0) is 37.5 Å². The first-order valence-corrected chi connectivity index (χ1v) is 10.6. The molecule has 4 rings (SSSR count). The predicted molar refractivity (Wildman–Crippen MR) is 109 cm³/mol. The summed E-state index contributed by atoms with van der Waals surface area (Å²) in [5, 5.41) is 4.41. The first-order chi connectivity index (χ1) is 15.4. The van der Waals surface area contributed by atoms with Gasteiger partial charge in [0.15, 0.2) is 0 Å². The van der Waals surface area contributed by atoms with Crippen molar-refractivity contribution in [3.63, 3.8) is 0 Å². The first kappa shape index (κ1) is 22.6. The number of para-hydroxylation sites is 2. The lowest BCUT2D eigenvalue weighted by molar-refractivity contribution is -0.190. The molecule has 0 spiro atoms. The second-order valence-electron chi connectivity index (χ2n) is 8.00. The fourth-order valence-corrected chi connectivity index (χ4v) is 4.39. The van der Waals surface area contributed by atoms with Gasteiger partial charge in [0.1, 0.15) is 24.1 Å². The van der Waals surface area contributed by atoms with Crippen molar-refractivity contribution in [3.8, 4) is 11.4 Å². The van der Waals surface area contributed by atoms with Crippen LogP contribution in [0.25, 0.3) is 5.69 Å². The maximum atomic E-state index is 13.3. The van der Waals surface area contributed by atoms with Crippen LogP contribution < -0.4 is 4.74 Å². The number of carbonyl (C=O) groups excluding carboxylic acids is 1. The second-order valence-corrected chi connectivity index (χ2v) is 8.00. The fraction of sp³-hybridized carbons (Fsp3) is 0.545. The summed E-state index contributed by atoms with van der Waals surface area (Å²) in [5.74, 6) is 0.0705. The van der Waals surface area contributed by atoms with E-state index in [-0.39, 0.29) is 12.5 Å². The Hall–Kier alpha value is -2.59. The molecule has 32 heavy (non-hydrogen) atoms. The van der Waals surface area contributed by atoms with Crippen LogP contribution >= 0.6 is 0 Å². The van der Waals surface area contributed by atoms with Crippen LogP contribution in [0, 0.1) is 5.92 Å². The number of nitrogens with zero attached hydrogens (tertiary/aromatic N) is 3. The maximum Gasteiger partial charge on any atom is 0.411 e. The highest BCUT2D eigenvalue weighted by Gasteiger charge is 2.41. The zero-order valence-electron chi connectivity index (χ0n) is 17.8. The zero-order chi connectivity index (χ0) is 22.7. The van der Waals surface area contributed by atoms with E-state index in [1.54, 1.807) is 22.9 Å². The minimum atomic E-state index is -4.38. The van der Waals surface area contributed by atoms with Crippen molar-refractivity contribution < 1.29 is 32.2 Å². The Balaban J connectivity index is 1.50. The number of piperidine rings is 1. The highest BCUT2D eigenvalue weighted by molar-refractivity contribution is 5.80. The van der Waals surface area contributed by atoms with Crippen molar-refractivity contribution in [1.29, 1.82) is 0 Å². The Bertz CT molecular complexity index is 933. The zero-order valence-corrected chi connectivity index (χ0v) is 17.8. The minimum Gasteiger partial charge on any atom is -0.494 e. The highest BCUT2D eigenvalue weighted by atomic mass is 19.4. The van der Waals surface area contributed by atoms with E-state index in [0.29, 0.717) is 38.2 Å². The van der Waals surface area contributed by atoms with Gasteiger partial charge in [-0.1, -0.05) is 12.1 Å². The molecule has 2 fully saturated rings. The fourth-order valence-electron chi connectivity index (χ4n) is 4.39. The van der Waals surface area contributed by atoms with E-state index in [1.165, 1.54) is 0 Å². The van der Waals surface area contributed by atoms with Crippen molar-refractivity contribution in [2.45, 2.75) is 37.6 Å². The molecule has 2 saturated heterocycles. The van der Waals surface area contributed by atoms with Crippen LogP contribution in [-0.4, -0.2) is 66.3 Å². The molecule has 0 saturated carbocycles. The van der Waals surface area contributed by atoms with Crippen LogP contribution in [0.5, 0.6) is 5.75 Å². The number of amides is 1. The first-order valence-electron chi connectivity index (χ1n) is 10.6. The summed E-state index contributed by atoms with van der Waals surface area (Å²) in [5.41, 5.74) is 1.46. The Morgan fingerprint density at radius 2 is 2.06 bits per heavy atom. The standard InChI is InChI=1S/C22H26F3N3O4/c1-30-19-7-3-2-6-17(19)28-18(8-10-26-28)20-16(9-12-31-20)21(29)27-11-4-5-15(13-27)32-14-22(23,24)25/h2-3,6-8,10,15-16,20H,4-5,9,11-14H2,1H3/t15?,16-,20-/m1/s1. The van der Waals surface area contributed by atoms with E-state index in [9.17, 15) is 18.0 Å². The van der Waals surface area contributed by atoms with Gasteiger partial charge >= 0.3 is 6.18 Å². The number of methoxy groups -OCH3 is 1. The SMILES string of the molecule is COc1ccccc1-n1nccc1[C@@H]1OCC[C@H]1C(=O)N1CCCC(OCC(F)(F)F)C1. The molecule has 7 nitrogen and oxygen atoms in total. The van der Waals surface area contributed by atoms with E-state index in [2.05, 4.69) is 5.10 Å².